The van der Waals surface area contributed by atoms with E-state index in [1.807, 2.05) is 55.5 Å². The van der Waals surface area contributed by atoms with Crippen molar-refractivity contribution >= 4 is 38.1 Å². The largest absolute Gasteiger partial charge is 0.478 e. The highest BCUT2D eigenvalue weighted by atomic mass is 79.9. The standard InChI is InChI=1S/C22H22BrN5O2S/c1-4-18-25-26-21-28(18)27-19(31-21)15-7-5-14(6-8-15)13-24-20(29)22(2,3)30-17-11-9-16(23)10-12-17/h5-12H,4,13H2,1-3H3,(H,24,29). The number of rotatable bonds is 7. The molecule has 0 aliphatic carbocycles. The number of hydrogen-bond acceptors (Lipinski definition) is 6. The van der Waals surface area contributed by atoms with Crippen LogP contribution in [0, 0.1) is 0 Å². The van der Waals surface area contributed by atoms with Gasteiger partial charge in [0.05, 0.1) is 0 Å². The lowest BCUT2D eigenvalue weighted by Crippen LogP contribution is -2.46. The van der Waals surface area contributed by atoms with Crippen LogP contribution in [-0.2, 0) is 17.8 Å². The first-order chi connectivity index (χ1) is 14.9. The van der Waals surface area contributed by atoms with Gasteiger partial charge in [0.2, 0.25) is 4.96 Å². The van der Waals surface area contributed by atoms with E-state index in [1.165, 1.54) is 11.3 Å². The van der Waals surface area contributed by atoms with Gasteiger partial charge >= 0.3 is 0 Å². The van der Waals surface area contributed by atoms with Gasteiger partial charge in [0, 0.05) is 23.0 Å². The molecular formula is C22H22BrN5O2S. The Kier molecular flexibility index (Phi) is 6.06. The predicted molar refractivity (Wildman–Crippen MR) is 124 cm³/mol. The average Bonchev–Trinajstić information content (AvgIpc) is 3.34. The van der Waals surface area contributed by atoms with E-state index in [-0.39, 0.29) is 5.91 Å². The average molecular weight is 500 g/mol. The molecule has 0 atom stereocenters. The maximum Gasteiger partial charge on any atom is 0.263 e. The first-order valence-electron chi connectivity index (χ1n) is 9.89. The maximum atomic E-state index is 12.7. The molecule has 0 fully saturated rings. The van der Waals surface area contributed by atoms with Gasteiger partial charge in [-0.25, -0.2) is 0 Å². The summed E-state index contributed by atoms with van der Waals surface area (Å²) in [7, 11) is 0. The fraction of sp³-hybridized carbons (Fsp3) is 0.273. The smallest absolute Gasteiger partial charge is 0.263 e. The second-order valence-corrected chi connectivity index (χ2v) is 9.39. The Labute approximate surface area is 192 Å². The Bertz CT molecular complexity index is 1200. The van der Waals surface area contributed by atoms with Crippen molar-refractivity contribution in [1.82, 2.24) is 25.1 Å². The number of carbonyl (C=O) groups excluding carboxylic acids is 1. The minimum absolute atomic E-state index is 0.180. The first-order valence-corrected chi connectivity index (χ1v) is 11.5. The van der Waals surface area contributed by atoms with Gasteiger partial charge in [0.15, 0.2) is 11.4 Å². The minimum atomic E-state index is -0.992. The van der Waals surface area contributed by atoms with Crippen LogP contribution in [-0.4, -0.2) is 31.3 Å². The van der Waals surface area contributed by atoms with Gasteiger partial charge in [0.1, 0.15) is 10.8 Å². The number of amides is 1. The summed E-state index contributed by atoms with van der Waals surface area (Å²) in [6.07, 6.45) is 0.783. The van der Waals surface area contributed by atoms with Crippen molar-refractivity contribution in [2.45, 2.75) is 39.3 Å². The highest BCUT2D eigenvalue weighted by molar-refractivity contribution is 9.10. The molecule has 160 valence electrons. The fourth-order valence-electron chi connectivity index (χ4n) is 3.00. The van der Waals surface area contributed by atoms with Crippen LogP contribution in [0.4, 0.5) is 0 Å². The van der Waals surface area contributed by atoms with Crippen LogP contribution >= 0.6 is 27.3 Å². The molecule has 1 N–H and O–H groups in total. The Morgan fingerprint density at radius 2 is 1.84 bits per heavy atom. The van der Waals surface area contributed by atoms with Crippen molar-refractivity contribution in [1.29, 1.82) is 0 Å². The molecule has 2 aromatic heterocycles. The summed E-state index contributed by atoms with van der Waals surface area (Å²) in [5.41, 5.74) is 1.01. The Morgan fingerprint density at radius 1 is 1.13 bits per heavy atom. The van der Waals surface area contributed by atoms with Crippen molar-refractivity contribution in [2.24, 2.45) is 0 Å². The molecule has 0 saturated heterocycles. The lowest BCUT2D eigenvalue weighted by Gasteiger charge is -2.25. The molecule has 0 aliphatic heterocycles. The third-order valence-electron chi connectivity index (χ3n) is 4.76. The van der Waals surface area contributed by atoms with Gasteiger partial charge in [-0.1, -0.05) is 58.5 Å². The summed E-state index contributed by atoms with van der Waals surface area (Å²) in [5.74, 6) is 1.31. The summed E-state index contributed by atoms with van der Waals surface area (Å²) < 4.78 is 8.62. The second-order valence-electron chi connectivity index (χ2n) is 7.52. The molecular weight excluding hydrogens is 478 g/mol. The molecule has 0 aliphatic rings. The molecule has 1 amide bonds. The van der Waals surface area contributed by atoms with Crippen molar-refractivity contribution in [3.8, 4) is 16.3 Å². The summed E-state index contributed by atoms with van der Waals surface area (Å²) in [5, 5.41) is 16.7. The van der Waals surface area contributed by atoms with Gasteiger partial charge < -0.3 is 10.1 Å². The minimum Gasteiger partial charge on any atom is -0.478 e. The molecule has 0 unspecified atom stereocenters. The number of aromatic nitrogens is 4. The predicted octanol–water partition coefficient (Wildman–Crippen LogP) is 4.65. The van der Waals surface area contributed by atoms with Gasteiger partial charge in [-0.2, -0.15) is 9.61 Å². The molecule has 2 heterocycles. The SMILES string of the molecule is CCc1nnc2sc(-c3ccc(CNC(=O)C(C)(C)Oc4ccc(Br)cc4)cc3)nn12. The van der Waals surface area contributed by atoms with Crippen LogP contribution < -0.4 is 10.1 Å². The normalized spacial score (nSPS) is 11.6. The zero-order valence-electron chi connectivity index (χ0n) is 17.4. The fourth-order valence-corrected chi connectivity index (χ4v) is 4.13. The molecule has 4 rings (SSSR count). The molecule has 0 radical (unpaired) electrons. The van der Waals surface area contributed by atoms with Crippen LogP contribution in [0.3, 0.4) is 0 Å². The van der Waals surface area contributed by atoms with E-state index in [0.29, 0.717) is 12.3 Å². The van der Waals surface area contributed by atoms with Crippen LogP contribution in [0.15, 0.2) is 53.0 Å². The van der Waals surface area contributed by atoms with Crippen molar-refractivity contribution in [3.63, 3.8) is 0 Å². The summed E-state index contributed by atoms with van der Waals surface area (Å²) >= 11 is 4.90. The van der Waals surface area contributed by atoms with Crippen LogP contribution in [0.2, 0.25) is 0 Å². The molecule has 2 aromatic carbocycles. The maximum absolute atomic E-state index is 12.7. The van der Waals surface area contributed by atoms with E-state index < -0.39 is 5.60 Å². The third-order valence-corrected chi connectivity index (χ3v) is 6.24. The molecule has 4 aromatic rings. The van der Waals surface area contributed by atoms with E-state index in [9.17, 15) is 4.79 Å². The van der Waals surface area contributed by atoms with Gasteiger partial charge in [-0.15, -0.1) is 10.2 Å². The highest BCUT2D eigenvalue weighted by Gasteiger charge is 2.29. The molecule has 9 heteroatoms. The third kappa shape index (κ3) is 4.77. The van der Waals surface area contributed by atoms with E-state index in [1.54, 1.807) is 18.4 Å². The number of hydrogen-bond donors (Lipinski definition) is 1. The molecule has 0 saturated carbocycles. The highest BCUT2D eigenvalue weighted by Crippen LogP contribution is 2.26. The lowest BCUT2D eigenvalue weighted by molar-refractivity contribution is -0.134. The van der Waals surface area contributed by atoms with E-state index in [0.717, 1.165) is 37.8 Å². The summed E-state index contributed by atoms with van der Waals surface area (Å²) in [6, 6.07) is 15.4. The molecule has 7 nitrogen and oxygen atoms in total. The molecule has 0 spiro atoms. The molecule has 31 heavy (non-hydrogen) atoms. The zero-order valence-corrected chi connectivity index (χ0v) is 19.8. The van der Waals surface area contributed by atoms with Crippen LogP contribution in [0.25, 0.3) is 15.5 Å². The second kappa shape index (κ2) is 8.76. The Balaban J connectivity index is 1.38. The number of fused-ring (bicyclic) bond motifs is 1. The van der Waals surface area contributed by atoms with E-state index >= 15 is 0 Å². The van der Waals surface area contributed by atoms with Crippen molar-refractivity contribution in [2.75, 3.05) is 0 Å². The van der Waals surface area contributed by atoms with Crippen LogP contribution in [0.5, 0.6) is 5.75 Å². The van der Waals surface area contributed by atoms with Crippen molar-refractivity contribution < 1.29 is 9.53 Å². The zero-order chi connectivity index (χ0) is 22.0. The van der Waals surface area contributed by atoms with Gasteiger partial charge in [-0.3, -0.25) is 4.79 Å². The van der Waals surface area contributed by atoms with E-state index in [4.69, 9.17) is 4.74 Å². The summed E-state index contributed by atoms with van der Waals surface area (Å²) in [4.78, 5) is 13.4. The number of carbonyl (C=O) groups is 1. The monoisotopic (exact) mass is 499 g/mol. The number of nitrogens with one attached hydrogen (secondary N) is 1. The number of ether oxygens (including phenoxy) is 1. The van der Waals surface area contributed by atoms with Crippen LogP contribution in [0.1, 0.15) is 32.2 Å². The topological polar surface area (TPSA) is 81.4 Å². The lowest BCUT2D eigenvalue weighted by atomic mass is 10.1. The Morgan fingerprint density at radius 3 is 2.52 bits per heavy atom. The number of aryl methyl sites for hydroxylation is 1. The first kappa shape index (κ1) is 21.5. The van der Waals surface area contributed by atoms with Gasteiger partial charge in [-0.05, 0) is 43.7 Å². The number of halogens is 1. The van der Waals surface area contributed by atoms with Gasteiger partial charge in [0.25, 0.3) is 5.91 Å². The number of nitrogens with zero attached hydrogens (tertiary/aromatic N) is 4. The number of benzene rings is 2. The quantitative estimate of drug-likeness (QED) is 0.400. The van der Waals surface area contributed by atoms with E-state index in [2.05, 4.69) is 36.5 Å². The Hall–Kier alpha value is -2.78. The molecule has 0 bridgehead atoms. The summed E-state index contributed by atoms with van der Waals surface area (Å²) in [6.45, 7) is 5.96. The van der Waals surface area contributed by atoms with Crippen molar-refractivity contribution in [3.05, 3.63) is 64.4 Å².